The molecule has 104 valence electrons. The summed E-state index contributed by atoms with van der Waals surface area (Å²) in [6.45, 7) is 2.12. The lowest BCUT2D eigenvalue weighted by Gasteiger charge is -2.21. The van der Waals surface area contributed by atoms with Gasteiger partial charge in [0.1, 0.15) is 5.78 Å². The van der Waals surface area contributed by atoms with Crippen molar-refractivity contribution in [3.05, 3.63) is 57.3 Å². The second kappa shape index (κ2) is 5.92. The number of carbonyl (C=O) groups excluding carboxylic acids is 1. The summed E-state index contributed by atoms with van der Waals surface area (Å²) in [5, 5.41) is 2.14. The molecule has 1 aromatic carbocycles. The van der Waals surface area contributed by atoms with Crippen molar-refractivity contribution < 1.29 is 4.79 Å². The van der Waals surface area contributed by atoms with Crippen molar-refractivity contribution in [2.75, 3.05) is 0 Å². The van der Waals surface area contributed by atoms with E-state index >= 15 is 0 Å². The highest BCUT2D eigenvalue weighted by Gasteiger charge is 2.26. The Bertz CT molecular complexity index is 611. The average molecular weight is 284 g/mol. The maximum atomic E-state index is 12.5. The standard InChI is InChI=1S/C18H20OS/c1-13-5-2-3-6-14(13)9-10-17(19)15-7-4-8-18-16(15)11-12-20-18/h2-3,5-6,11-12,15H,4,7-10H2,1H3. The average Bonchev–Trinajstić information content (AvgIpc) is 2.94. The third kappa shape index (κ3) is 2.71. The molecule has 1 unspecified atom stereocenters. The third-order valence-corrected chi connectivity index (χ3v) is 5.34. The maximum Gasteiger partial charge on any atom is 0.140 e. The molecule has 0 bridgehead atoms. The van der Waals surface area contributed by atoms with E-state index in [2.05, 4.69) is 42.6 Å². The number of benzene rings is 1. The first-order valence-electron chi connectivity index (χ1n) is 7.39. The number of Topliss-reactive ketones (excluding diaryl/α,β-unsaturated/α-hetero) is 1. The monoisotopic (exact) mass is 284 g/mol. The van der Waals surface area contributed by atoms with Crippen molar-refractivity contribution in [2.24, 2.45) is 0 Å². The highest BCUT2D eigenvalue weighted by Crippen LogP contribution is 2.36. The number of aryl methyl sites for hydroxylation is 3. The SMILES string of the molecule is Cc1ccccc1CCC(=O)C1CCCc2sccc21. The first kappa shape index (κ1) is 13.6. The van der Waals surface area contributed by atoms with Crippen LogP contribution >= 0.6 is 11.3 Å². The zero-order chi connectivity index (χ0) is 13.9. The van der Waals surface area contributed by atoms with Crippen molar-refractivity contribution >= 4 is 17.1 Å². The van der Waals surface area contributed by atoms with Crippen LogP contribution in [0.2, 0.25) is 0 Å². The van der Waals surface area contributed by atoms with Crippen LogP contribution in [0.3, 0.4) is 0 Å². The molecule has 1 aliphatic rings. The van der Waals surface area contributed by atoms with Crippen molar-refractivity contribution in [3.63, 3.8) is 0 Å². The molecule has 1 aromatic heterocycles. The number of hydrogen-bond donors (Lipinski definition) is 0. The van der Waals surface area contributed by atoms with E-state index in [1.807, 2.05) is 11.3 Å². The van der Waals surface area contributed by atoms with Gasteiger partial charge in [0.2, 0.25) is 0 Å². The molecule has 0 saturated carbocycles. The van der Waals surface area contributed by atoms with Gasteiger partial charge >= 0.3 is 0 Å². The molecule has 1 atom stereocenters. The van der Waals surface area contributed by atoms with Crippen LogP contribution in [0.15, 0.2) is 35.7 Å². The number of fused-ring (bicyclic) bond motifs is 1. The second-order valence-corrected chi connectivity index (χ2v) is 6.64. The molecule has 1 aliphatic carbocycles. The van der Waals surface area contributed by atoms with E-state index < -0.39 is 0 Å². The van der Waals surface area contributed by atoms with Gasteiger partial charge in [0.25, 0.3) is 0 Å². The van der Waals surface area contributed by atoms with Gasteiger partial charge < -0.3 is 0 Å². The highest BCUT2D eigenvalue weighted by atomic mass is 32.1. The fourth-order valence-corrected chi connectivity index (χ4v) is 4.13. The van der Waals surface area contributed by atoms with E-state index in [1.54, 1.807) is 0 Å². The quantitative estimate of drug-likeness (QED) is 0.797. The van der Waals surface area contributed by atoms with Gasteiger partial charge in [-0.05, 0) is 60.7 Å². The Hall–Kier alpha value is -1.41. The lowest BCUT2D eigenvalue weighted by molar-refractivity contribution is -0.120. The van der Waals surface area contributed by atoms with Gasteiger partial charge in [-0.1, -0.05) is 24.3 Å². The minimum absolute atomic E-state index is 0.161. The van der Waals surface area contributed by atoms with Crippen LogP contribution in [0, 0.1) is 6.92 Å². The predicted molar refractivity (Wildman–Crippen MR) is 84.5 cm³/mol. The Morgan fingerprint density at radius 3 is 3.00 bits per heavy atom. The molecule has 0 aliphatic heterocycles. The Morgan fingerprint density at radius 2 is 2.15 bits per heavy atom. The Kier molecular flexibility index (Phi) is 4.02. The van der Waals surface area contributed by atoms with E-state index in [-0.39, 0.29) is 5.92 Å². The van der Waals surface area contributed by atoms with Gasteiger partial charge in [0.15, 0.2) is 0 Å². The zero-order valence-corrected chi connectivity index (χ0v) is 12.7. The first-order valence-corrected chi connectivity index (χ1v) is 8.27. The molecular weight excluding hydrogens is 264 g/mol. The van der Waals surface area contributed by atoms with Crippen LogP contribution in [0.25, 0.3) is 0 Å². The molecule has 0 saturated heterocycles. The van der Waals surface area contributed by atoms with Crippen LogP contribution in [0.4, 0.5) is 0 Å². The molecule has 0 spiro atoms. The van der Waals surface area contributed by atoms with Crippen LogP contribution in [0.1, 0.15) is 46.7 Å². The lowest BCUT2D eigenvalue weighted by atomic mass is 9.83. The summed E-state index contributed by atoms with van der Waals surface area (Å²) in [6.07, 6.45) is 4.91. The largest absolute Gasteiger partial charge is 0.299 e. The van der Waals surface area contributed by atoms with Gasteiger partial charge in [-0.25, -0.2) is 0 Å². The molecule has 2 heteroatoms. The molecular formula is C18H20OS. The van der Waals surface area contributed by atoms with E-state index in [0.29, 0.717) is 12.2 Å². The summed E-state index contributed by atoms with van der Waals surface area (Å²) in [6, 6.07) is 10.5. The maximum absolute atomic E-state index is 12.5. The predicted octanol–water partition coefficient (Wildman–Crippen LogP) is 4.68. The molecule has 0 radical (unpaired) electrons. The number of carbonyl (C=O) groups is 1. The Morgan fingerprint density at radius 1 is 1.30 bits per heavy atom. The molecule has 3 rings (SSSR count). The fourth-order valence-electron chi connectivity index (χ4n) is 3.14. The van der Waals surface area contributed by atoms with Gasteiger partial charge in [0.05, 0.1) is 0 Å². The topological polar surface area (TPSA) is 17.1 Å². The molecule has 0 fully saturated rings. The number of rotatable bonds is 4. The fraction of sp³-hybridized carbons (Fsp3) is 0.389. The van der Waals surface area contributed by atoms with Gasteiger partial charge in [0, 0.05) is 17.2 Å². The van der Waals surface area contributed by atoms with E-state index in [1.165, 1.54) is 21.6 Å². The summed E-state index contributed by atoms with van der Waals surface area (Å²) < 4.78 is 0. The van der Waals surface area contributed by atoms with Gasteiger partial charge in [-0.2, -0.15) is 0 Å². The minimum atomic E-state index is 0.161. The van der Waals surface area contributed by atoms with E-state index in [9.17, 15) is 4.79 Å². The van der Waals surface area contributed by atoms with Crippen LogP contribution in [-0.4, -0.2) is 5.78 Å². The summed E-state index contributed by atoms with van der Waals surface area (Å²) >= 11 is 1.81. The van der Waals surface area contributed by atoms with Crippen molar-refractivity contribution in [1.82, 2.24) is 0 Å². The lowest BCUT2D eigenvalue weighted by Crippen LogP contribution is -2.17. The second-order valence-electron chi connectivity index (χ2n) is 5.64. The van der Waals surface area contributed by atoms with Crippen molar-refractivity contribution in [3.8, 4) is 0 Å². The van der Waals surface area contributed by atoms with E-state index in [0.717, 1.165) is 25.7 Å². The van der Waals surface area contributed by atoms with Gasteiger partial charge in [-0.15, -0.1) is 11.3 Å². The Balaban J connectivity index is 1.68. The number of hydrogen-bond acceptors (Lipinski definition) is 2. The Labute approximate surface area is 124 Å². The summed E-state index contributed by atoms with van der Waals surface area (Å²) in [5.74, 6) is 0.585. The normalized spacial score (nSPS) is 17.8. The zero-order valence-electron chi connectivity index (χ0n) is 11.9. The highest BCUT2D eigenvalue weighted by molar-refractivity contribution is 7.10. The molecule has 1 heterocycles. The molecule has 0 amide bonds. The van der Waals surface area contributed by atoms with Crippen LogP contribution in [-0.2, 0) is 17.6 Å². The van der Waals surface area contributed by atoms with Gasteiger partial charge in [-0.3, -0.25) is 4.79 Å². The molecule has 0 N–H and O–H groups in total. The van der Waals surface area contributed by atoms with Crippen LogP contribution in [0.5, 0.6) is 0 Å². The van der Waals surface area contributed by atoms with Crippen LogP contribution < -0.4 is 0 Å². The minimum Gasteiger partial charge on any atom is -0.299 e. The molecule has 1 nitrogen and oxygen atoms in total. The third-order valence-electron chi connectivity index (χ3n) is 4.34. The molecule has 20 heavy (non-hydrogen) atoms. The number of thiophene rings is 1. The summed E-state index contributed by atoms with van der Waals surface area (Å²) in [4.78, 5) is 14.0. The van der Waals surface area contributed by atoms with E-state index in [4.69, 9.17) is 0 Å². The summed E-state index contributed by atoms with van der Waals surface area (Å²) in [7, 11) is 0. The summed E-state index contributed by atoms with van der Waals surface area (Å²) in [5.41, 5.74) is 3.92. The first-order chi connectivity index (χ1) is 9.75. The smallest absolute Gasteiger partial charge is 0.140 e. The van der Waals surface area contributed by atoms with Crippen molar-refractivity contribution in [1.29, 1.82) is 0 Å². The molecule has 2 aromatic rings. The number of ketones is 1. The van der Waals surface area contributed by atoms with Crippen molar-refractivity contribution in [2.45, 2.75) is 44.9 Å².